The third-order valence-electron chi connectivity index (χ3n) is 0.765. The fourth-order valence-corrected chi connectivity index (χ4v) is 0.496. The van der Waals surface area contributed by atoms with Crippen molar-refractivity contribution >= 4 is 0 Å². The fourth-order valence-electron chi connectivity index (χ4n) is 0.496. The van der Waals surface area contributed by atoms with E-state index in [4.69, 9.17) is 0 Å². The van der Waals surface area contributed by atoms with E-state index in [1.165, 1.54) is 0 Å². The summed E-state index contributed by atoms with van der Waals surface area (Å²) >= 11 is 0. The van der Waals surface area contributed by atoms with Crippen LogP contribution in [-0.4, -0.2) is 9.78 Å². The second-order valence-electron chi connectivity index (χ2n) is 1.60. The third kappa shape index (κ3) is 0.796. The van der Waals surface area contributed by atoms with Crippen LogP contribution in [0.15, 0.2) is 6.20 Å². The first-order chi connectivity index (χ1) is 3.29. The smallest absolute Gasteiger partial charge is 0.116 e. The van der Waals surface area contributed by atoms with Gasteiger partial charge in [-0.2, -0.15) is 5.10 Å². The van der Waals surface area contributed by atoms with E-state index in [1.807, 2.05) is 20.2 Å². The van der Waals surface area contributed by atoms with Gasteiger partial charge in [0.25, 0.3) is 0 Å². The summed E-state index contributed by atoms with van der Waals surface area (Å²) in [5.74, 6) is 0. The van der Waals surface area contributed by atoms with Crippen LogP contribution in [0.2, 0.25) is 0 Å². The molecule has 0 saturated heterocycles. The Labute approximate surface area is 42.8 Å². The Kier molecular flexibility index (Phi) is 0.855. The highest BCUT2D eigenvalue weighted by atomic mass is 15.2. The van der Waals surface area contributed by atoms with Crippen molar-refractivity contribution in [2.45, 2.75) is 6.92 Å². The van der Waals surface area contributed by atoms with Crippen molar-refractivity contribution in [3.63, 3.8) is 0 Å². The molecular weight excluding hydrogens is 88.1 g/mol. The Hall–Kier alpha value is -0.790. The first-order valence-corrected chi connectivity index (χ1v) is 2.17. The molecule has 0 N–H and O–H groups in total. The van der Waals surface area contributed by atoms with Gasteiger partial charge in [0, 0.05) is 13.2 Å². The highest BCUT2D eigenvalue weighted by molar-refractivity contribution is 4.96. The molecule has 1 radical (unpaired) electrons. The standard InChI is InChI=1S/C5H7N2/c1-5-3-6-7(2)4-5/h4H,1-2H3. The van der Waals surface area contributed by atoms with Gasteiger partial charge in [-0.15, -0.1) is 0 Å². The van der Waals surface area contributed by atoms with Gasteiger partial charge in [-0.3, -0.25) is 4.68 Å². The molecule has 0 fully saturated rings. The van der Waals surface area contributed by atoms with Crippen LogP contribution >= 0.6 is 0 Å². The van der Waals surface area contributed by atoms with E-state index >= 15 is 0 Å². The lowest BCUT2D eigenvalue weighted by molar-refractivity contribution is 0.765. The van der Waals surface area contributed by atoms with E-state index in [0.717, 1.165) is 5.56 Å². The number of aromatic nitrogens is 2. The summed E-state index contributed by atoms with van der Waals surface area (Å²) in [4.78, 5) is 0. The zero-order valence-corrected chi connectivity index (χ0v) is 4.47. The lowest BCUT2D eigenvalue weighted by Crippen LogP contribution is -1.83. The van der Waals surface area contributed by atoms with Gasteiger partial charge in [-0.1, -0.05) is 0 Å². The molecule has 0 saturated carbocycles. The first kappa shape index (κ1) is 4.37. The SMILES string of the molecule is Cc1[c]nn(C)c1. The van der Waals surface area contributed by atoms with E-state index < -0.39 is 0 Å². The summed E-state index contributed by atoms with van der Waals surface area (Å²) in [7, 11) is 1.88. The number of nitrogens with zero attached hydrogens (tertiary/aromatic N) is 2. The quantitative estimate of drug-likeness (QED) is 0.459. The summed E-state index contributed by atoms with van der Waals surface area (Å²) in [5.41, 5.74) is 1.09. The topological polar surface area (TPSA) is 17.8 Å². The molecule has 1 aromatic rings. The molecule has 0 spiro atoms. The maximum Gasteiger partial charge on any atom is 0.116 e. The molecule has 0 aliphatic carbocycles. The minimum absolute atomic E-state index is 1.09. The molecule has 0 amide bonds. The molecule has 37 valence electrons. The summed E-state index contributed by atoms with van der Waals surface area (Å²) in [6.45, 7) is 1.97. The van der Waals surface area contributed by atoms with Crippen molar-refractivity contribution < 1.29 is 0 Å². The van der Waals surface area contributed by atoms with E-state index in [9.17, 15) is 0 Å². The minimum Gasteiger partial charge on any atom is -0.275 e. The Bertz CT molecular complexity index is 138. The lowest BCUT2D eigenvalue weighted by atomic mass is 10.4. The van der Waals surface area contributed by atoms with Crippen LogP contribution in [0.4, 0.5) is 0 Å². The van der Waals surface area contributed by atoms with Crippen LogP contribution in [-0.2, 0) is 7.05 Å². The maximum absolute atomic E-state index is 3.81. The molecule has 7 heavy (non-hydrogen) atoms. The second kappa shape index (κ2) is 1.37. The van der Waals surface area contributed by atoms with Gasteiger partial charge in [0.15, 0.2) is 0 Å². The Morgan fingerprint density at radius 1 is 1.86 bits per heavy atom. The summed E-state index contributed by atoms with van der Waals surface area (Å²) in [5, 5.41) is 3.81. The predicted molar refractivity (Wildman–Crippen MR) is 26.8 cm³/mol. The summed E-state index contributed by atoms with van der Waals surface area (Å²) in [6, 6.07) is 0. The van der Waals surface area contributed by atoms with Crippen LogP contribution in [0.1, 0.15) is 5.56 Å². The molecule has 2 heteroatoms. The fraction of sp³-hybridized carbons (Fsp3) is 0.400. The molecule has 2 nitrogen and oxygen atoms in total. The van der Waals surface area contributed by atoms with Gasteiger partial charge >= 0.3 is 0 Å². The van der Waals surface area contributed by atoms with Crippen LogP contribution in [0.3, 0.4) is 0 Å². The molecule has 0 atom stereocenters. The predicted octanol–water partition coefficient (Wildman–Crippen LogP) is 0.529. The lowest BCUT2D eigenvalue weighted by Gasteiger charge is -1.78. The number of hydrogen-bond acceptors (Lipinski definition) is 1. The van der Waals surface area contributed by atoms with Crippen molar-refractivity contribution in [2.24, 2.45) is 7.05 Å². The van der Waals surface area contributed by atoms with Crippen LogP contribution in [0.25, 0.3) is 0 Å². The molecule has 1 aromatic heterocycles. The molecular formula is C5H7N2. The monoisotopic (exact) mass is 95.1 g/mol. The van der Waals surface area contributed by atoms with Crippen LogP contribution in [0, 0.1) is 13.1 Å². The van der Waals surface area contributed by atoms with Gasteiger partial charge in [-0.05, 0) is 12.5 Å². The van der Waals surface area contributed by atoms with E-state index in [1.54, 1.807) is 4.68 Å². The van der Waals surface area contributed by atoms with Crippen molar-refractivity contribution in [3.8, 4) is 0 Å². The van der Waals surface area contributed by atoms with E-state index in [2.05, 4.69) is 11.3 Å². The van der Waals surface area contributed by atoms with Crippen molar-refractivity contribution in [1.29, 1.82) is 0 Å². The normalized spacial score (nSPS) is 9.43. The molecule has 0 unspecified atom stereocenters. The average Bonchev–Trinajstić information content (AvgIpc) is 1.87. The van der Waals surface area contributed by atoms with E-state index in [0.29, 0.717) is 0 Å². The van der Waals surface area contributed by atoms with E-state index in [-0.39, 0.29) is 0 Å². The minimum atomic E-state index is 1.09. The molecule has 1 rings (SSSR count). The van der Waals surface area contributed by atoms with Gasteiger partial charge in [0.05, 0.1) is 0 Å². The zero-order valence-electron chi connectivity index (χ0n) is 4.47. The Morgan fingerprint density at radius 2 is 2.57 bits per heavy atom. The van der Waals surface area contributed by atoms with Crippen LogP contribution in [0.5, 0.6) is 0 Å². The third-order valence-corrected chi connectivity index (χ3v) is 0.765. The van der Waals surface area contributed by atoms with Crippen LogP contribution < -0.4 is 0 Å². The Balaban J connectivity index is 3.04. The number of rotatable bonds is 0. The van der Waals surface area contributed by atoms with Gasteiger partial charge in [-0.25, -0.2) is 0 Å². The largest absolute Gasteiger partial charge is 0.275 e. The second-order valence-corrected chi connectivity index (χ2v) is 1.60. The average molecular weight is 95.1 g/mol. The van der Waals surface area contributed by atoms with Crippen molar-refractivity contribution in [2.75, 3.05) is 0 Å². The van der Waals surface area contributed by atoms with Gasteiger partial charge < -0.3 is 0 Å². The summed E-state index contributed by atoms with van der Waals surface area (Å²) < 4.78 is 1.73. The molecule has 0 aliphatic heterocycles. The van der Waals surface area contributed by atoms with Crippen molar-refractivity contribution in [3.05, 3.63) is 18.0 Å². The van der Waals surface area contributed by atoms with Gasteiger partial charge in [0.1, 0.15) is 6.20 Å². The van der Waals surface area contributed by atoms with Crippen molar-refractivity contribution in [1.82, 2.24) is 9.78 Å². The highest BCUT2D eigenvalue weighted by Gasteiger charge is 1.83. The number of hydrogen-bond donors (Lipinski definition) is 0. The zero-order chi connectivity index (χ0) is 5.28. The first-order valence-electron chi connectivity index (χ1n) is 2.17. The highest BCUT2D eigenvalue weighted by Crippen LogP contribution is 1.87. The number of aryl methyl sites for hydroxylation is 2. The molecule has 0 bridgehead atoms. The molecule has 0 aromatic carbocycles. The van der Waals surface area contributed by atoms with Gasteiger partial charge in [0.2, 0.25) is 0 Å². The summed E-state index contributed by atoms with van der Waals surface area (Å²) in [6.07, 6.45) is 4.70. The Morgan fingerprint density at radius 3 is 2.71 bits per heavy atom. The molecule has 1 heterocycles. The maximum atomic E-state index is 3.81. The molecule has 0 aliphatic rings.